The van der Waals surface area contributed by atoms with Crippen LogP contribution in [0.5, 0.6) is 0 Å². The van der Waals surface area contributed by atoms with Gasteiger partial charge in [-0.25, -0.2) is 0 Å². The van der Waals surface area contributed by atoms with Gasteiger partial charge in [-0.15, -0.1) is 0 Å². The summed E-state index contributed by atoms with van der Waals surface area (Å²) < 4.78 is 6.31. The van der Waals surface area contributed by atoms with E-state index in [0.29, 0.717) is 5.92 Å². The summed E-state index contributed by atoms with van der Waals surface area (Å²) in [4.78, 5) is 2.45. The summed E-state index contributed by atoms with van der Waals surface area (Å²) in [5, 5.41) is 2.47. The molecule has 0 saturated heterocycles. The van der Waals surface area contributed by atoms with E-state index in [-0.39, 0.29) is 5.41 Å². The predicted molar refractivity (Wildman–Crippen MR) is 163 cm³/mol. The molecule has 5 aromatic rings. The lowest BCUT2D eigenvalue weighted by Gasteiger charge is -2.45. The van der Waals surface area contributed by atoms with Gasteiger partial charge in [0.25, 0.3) is 0 Å². The molecule has 0 saturated carbocycles. The van der Waals surface area contributed by atoms with E-state index in [1.165, 1.54) is 55.7 Å². The van der Waals surface area contributed by atoms with Gasteiger partial charge in [-0.05, 0) is 95.6 Å². The SMILES string of the molecule is CC1(C)C2=C(C=CC(c3ccc4oc5cc6c(cc5c4c3)CCC=C6)C2)N(c2ccccc2)c2ccccc21. The number of rotatable bonds is 2. The van der Waals surface area contributed by atoms with Crippen LogP contribution in [0.3, 0.4) is 0 Å². The number of nitrogens with zero attached hydrogens (tertiary/aromatic N) is 1. The van der Waals surface area contributed by atoms with E-state index in [1.807, 2.05) is 0 Å². The quantitative estimate of drug-likeness (QED) is 0.237. The second kappa shape index (κ2) is 8.35. The zero-order valence-electron chi connectivity index (χ0n) is 22.4. The molecule has 0 radical (unpaired) electrons. The first kappa shape index (κ1) is 22.7. The van der Waals surface area contributed by atoms with Gasteiger partial charge in [0.15, 0.2) is 0 Å². The lowest BCUT2D eigenvalue weighted by atomic mass is 9.68. The van der Waals surface area contributed by atoms with Crippen molar-refractivity contribution < 1.29 is 4.42 Å². The largest absolute Gasteiger partial charge is 0.456 e. The van der Waals surface area contributed by atoms with Gasteiger partial charge in [0.2, 0.25) is 0 Å². The molecule has 4 aromatic carbocycles. The van der Waals surface area contributed by atoms with Crippen LogP contribution in [-0.4, -0.2) is 0 Å². The summed E-state index contributed by atoms with van der Waals surface area (Å²) in [6.07, 6.45) is 12.5. The smallest absolute Gasteiger partial charge is 0.136 e. The molecule has 8 rings (SSSR count). The monoisotopic (exact) mass is 505 g/mol. The number of para-hydroxylation sites is 2. The molecule has 0 spiro atoms. The Morgan fingerprint density at radius 2 is 1.64 bits per heavy atom. The van der Waals surface area contributed by atoms with Gasteiger partial charge >= 0.3 is 0 Å². The molecule has 3 aliphatic rings. The summed E-state index contributed by atoms with van der Waals surface area (Å²) in [6.45, 7) is 4.79. The standard InChI is InChI=1S/C37H31NO/c1-37(2)31-14-8-9-15-33(31)38(28-12-4-3-5-13-28)34-18-16-27(22-32(34)37)26-17-19-35-29(21-26)30-20-24-10-6-7-11-25(24)23-36(30)39-35/h3-5,7-9,11-21,23,27H,6,10,22H2,1-2H3. The normalized spacial score (nSPS) is 19.3. The van der Waals surface area contributed by atoms with Crippen LogP contribution in [-0.2, 0) is 11.8 Å². The highest BCUT2D eigenvalue weighted by molar-refractivity contribution is 6.06. The second-order valence-electron chi connectivity index (χ2n) is 11.7. The zero-order chi connectivity index (χ0) is 26.1. The fourth-order valence-corrected chi connectivity index (χ4v) is 7.01. The number of hydrogen-bond acceptors (Lipinski definition) is 2. The van der Waals surface area contributed by atoms with Crippen molar-refractivity contribution in [1.29, 1.82) is 0 Å². The van der Waals surface area contributed by atoms with Gasteiger partial charge in [0, 0.05) is 33.5 Å². The van der Waals surface area contributed by atoms with Gasteiger partial charge < -0.3 is 9.32 Å². The average Bonchev–Trinajstić information content (AvgIpc) is 3.33. The summed E-state index contributed by atoms with van der Waals surface area (Å²) in [5.74, 6) is 0.320. The lowest BCUT2D eigenvalue weighted by Crippen LogP contribution is -2.35. The third kappa shape index (κ3) is 3.41. The number of hydrogen-bond donors (Lipinski definition) is 0. The Bertz CT molecular complexity index is 1860. The summed E-state index contributed by atoms with van der Waals surface area (Å²) in [5.41, 5.74) is 12.7. The van der Waals surface area contributed by atoms with Crippen molar-refractivity contribution in [2.75, 3.05) is 4.90 Å². The molecule has 1 unspecified atom stereocenters. The number of aryl methyl sites for hydroxylation is 1. The first-order chi connectivity index (χ1) is 19.1. The third-order valence-electron chi connectivity index (χ3n) is 9.11. The molecule has 0 amide bonds. The molecule has 39 heavy (non-hydrogen) atoms. The van der Waals surface area contributed by atoms with E-state index < -0.39 is 0 Å². The molecule has 1 aromatic heterocycles. The van der Waals surface area contributed by atoms with Crippen LogP contribution in [0, 0.1) is 0 Å². The van der Waals surface area contributed by atoms with Crippen LogP contribution in [0.4, 0.5) is 11.4 Å². The summed E-state index contributed by atoms with van der Waals surface area (Å²) >= 11 is 0. The van der Waals surface area contributed by atoms with Crippen LogP contribution < -0.4 is 4.90 Å². The van der Waals surface area contributed by atoms with Crippen molar-refractivity contribution >= 4 is 39.4 Å². The topological polar surface area (TPSA) is 16.4 Å². The Morgan fingerprint density at radius 1 is 0.821 bits per heavy atom. The highest BCUT2D eigenvalue weighted by Crippen LogP contribution is 2.52. The maximum Gasteiger partial charge on any atom is 0.136 e. The molecule has 0 N–H and O–H groups in total. The molecule has 2 heteroatoms. The van der Waals surface area contributed by atoms with Gasteiger partial charge in [0.1, 0.15) is 11.2 Å². The molecule has 1 atom stereocenters. The van der Waals surface area contributed by atoms with E-state index in [0.717, 1.165) is 30.4 Å². The molecule has 0 bridgehead atoms. The number of allylic oxidation sites excluding steroid dienone is 4. The number of anilines is 2. The highest BCUT2D eigenvalue weighted by Gasteiger charge is 2.40. The molecule has 2 nitrogen and oxygen atoms in total. The Hall–Kier alpha value is -4.30. The minimum atomic E-state index is -0.0563. The first-order valence-electron chi connectivity index (χ1n) is 14.1. The summed E-state index contributed by atoms with van der Waals surface area (Å²) in [7, 11) is 0. The van der Waals surface area contributed by atoms with E-state index >= 15 is 0 Å². The van der Waals surface area contributed by atoms with Crippen LogP contribution >= 0.6 is 0 Å². The molecular weight excluding hydrogens is 474 g/mol. The minimum Gasteiger partial charge on any atom is -0.456 e. The summed E-state index contributed by atoms with van der Waals surface area (Å²) in [6, 6.07) is 31.1. The third-order valence-corrected chi connectivity index (χ3v) is 9.11. The van der Waals surface area contributed by atoms with Gasteiger partial charge in [-0.3, -0.25) is 0 Å². The minimum absolute atomic E-state index is 0.0563. The predicted octanol–water partition coefficient (Wildman–Crippen LogP) is 9.97. The first-order valence-corrected chi connectivity index (χ1v) is 14.1. The Kier molecular flexibility index (Phi) is 4.85. The fraction of sp³-hybridized carbons (Fsp3) is 0.189. The van der Waals surface area contributed by atoms with Crippen molar-refractivity contribution in [2.45, 2.75) is 44.4 Å². The van der Waals surface area contributed by atoms with Crippen molar-refractivity contribution in [3.05, 3.63) is 137 Å². The highest BCUT2D eigenvalue weighted by atomic mass is 16.3. The number of fused-ring (bicyclic) bond motifs is 5. The zero-order valence-corrected chi connectivity index (χ0v) is 22.4. The molecule has 0 fully saturated rings. The molecular formula is C37H31NO. The van der Waals surface area contributed by atoms with Crippen molar-refractivity contribution in [2.24, 2.45) is 0 Å². The van der Waals surface area contributed by atoms with Crippen LogP contribution in [0.2, 0.25) is 0 Å². The van der Waals surface area contributed by atoms with Gasteiger partial charge in [-0.2, -0.15) is 0 Å². The van der Waals surface area contributed by atoms with Crippen LogP contribution in [0.1, 0.15) is 54.9 Å². The van der Waals surface area contributed by atoms with E-state index in [1.54, 1.807) is 0 Å². The van der Waals surface area contributed by atoms with E-state index in [9.17, 15) is 0 Å². The van der Waals surface area contributed by atoms with Gasteiger partial charge in [0.05, 0.1) is 5.69 Å². The van der Waals surface area contributed by atoms with E-state index in [2.05, 4.69) is 128 Å². The maximum absolute atomic E-state index is 6.31. The lowest BCUT2D eigenvalue weighted by molar-refractivity contribution is 0.555. The molecule has 2 heterocycles. The maximum atomic E-state index is 6.31. The second-order valence-corrected chi connectivity index (χ2v) is 11.7. The Balaban J connectivity index is 1.23. The van der Waals surface area contributed by atoms with Gasteiger partial charge in [-0.1, -0.05) is 74.5 Å². The average molecular weight is 506 g/mol. The van der Waals surface area contributed by atoms with Crippen LogP contribution in [0.25, 0.3) is 28.0 Å². The number of benzene rings is 4. The van der Waals surface area contributed by atoms with E-state index in [4.69, 9.17) is 4.42 Å². The fourth-order valence-electron chi connectivity index (χ4n) is 7.01. The number of furan rings is 1. The Labute approximate surface area is 229 Å². The van der Waals surface area contributed by atoms with Crippen molar-refractivity contribution in [3.8, 4) is 0 Å². The van der Waals surface area contributed by atoms with Crippen molar-refractivity contribution in [1.82, 2.24) is 0 Å². The molecule has 1 aliphatic heterocycles. The Morgan fingerprint density at radius 3 is 2.54 bits per heavy atom. The molecule has 2 aliphatic carbocycles. The van der Waals surface area contributed by atoms with Crippen molar-refractivity contribution in [3.63, 3.8) is 0 Å². The van der Waals surface area contributed by atoms with Crippen LogP contribution in [0.15, 0.2) is 119 Å². The molecule has 190 valence electrons.